The van der Waals surface area contributed by atoms with Crippen molar-refractivity contribution in [2.75, 3.05) is 20.8 Å². The highest BCUT2D eigenvalue weighted by atomic mass is 28.3. The van der Waals surface area contributed by atoms with E-state index in [0.717, 1.165) is 21.9 Å². The normalized spacial score (nSPS) is 17.5. The molecule has 270 valence electrons. The van der Waals surface area contributed by atoms with E-state index in [2.05, 4.69) is 24.6 Å². The van der Waals surface area contributed by atoms with Crippen LogP contribution in [0, 0.1) is 6.92 Å². The standard InChI is InChI=1S/C41H44N2O8Si/c1-27-25-43(40(46)42-38(27)44)37-24-34(51-39(45)33-14-10-11-15-36(33)52(4,5)6)35(50-37)26-49-41(28-12-8-7-9-13-28,29-16-20-31(47-2)21-17-29)30-18-22-32(48-3)23-19-30/h7-23,25,34-35,37H,24,26H2,1-6H3,(H,42,44,46)/t34-,35+,37+/m0/s1. The Balaban J connectivity index is 1.43. The molecule has 0 saturated carbocycles. The Labute approximate surface area is 303 Å². The van der Waals surface area contributed by atoms with Crippen LogP contribution in [0.4, 0.5) is 0 Å². The molecular formula is C41H44N2O8Si. The monoisotopic (exact) mass is 720 g/mol. The Kier molecular flexibility index (Phi) is 10.7. The van der Waals surface area contributed by atoms with E-state index < -0.39 is 49.3 Å². The number of methoxy groups -OCH3 is 2. The van der Waals surface area contributed by atoms with Gasteiger partial charge in [0.1, 0.15) is 35.5 Å². The van der Waals surface area contributed by atoms with E-state index in [9.17, 15) is 14.4 Å². The molecule has 6 rings (SSSR count). The molecule has 2 heterocycles. The number of aryl methyl sites for hydroxylation is 1. The summed E-state index contributed by atoms with van der Waals surface area (Å²) in [7, 11) is 1.32. The summed E-state index contributed by atoms with van der Waals surface area (Å²) in [5.74, 6) is 0.908. The van der Waals surface area contributed by atoms with Gasteiger partial charge in [-0.05, 0) is 59.1 Å². The van der Waals surface area contributed by atoms with Crippen LogP contribution in [0.3, 0.4) is 0 Å². The first-order valence-electron chi connectivity index (χ1n) is 17.2. The van der Waals surface area contributed by atoms with Crippen LogP contribution in [0.5, 0.6) is 11.5 Å². The van der Waals surface area contributed by atoms with Gasteiger partial charge in [-0.1, -0.05) is 92.4 Å². The van der Waals surface area contributed by atoms with Gasteiger partial charge in [-0.15, -0.1) is 0 Å². The Morgan fingerprint density at radius 2 is 1.38 bits per heavy atom. The lowest BCUT2D eigenvalue weighted by atomic mass is 9.80. The van der Waals surface area contributed by atoms with Gasteiger partial charge in [-0.2, -0.15) is 0 Å². The second kappa shape index (κ2) is 15.2. The average molecular weight is 721 g/mol. The number of esters is 1. The van der Waals surface area contributed by atoms with Crippen molar-refractivity contribution in [3.8, 4) is 11.5 Å². The minimum absolute atomic E-state index is 0.0336. The van der Waals surface area contributed by atoms with Crippen LogP contribution >= 0.6 is 0 Å². The fourth-order valence-corrected chi connectivity index (χ4v) is 8.33. The summed E-state index contributed by atoms with van der Waals surface area (Å²) < 4.78 is 32.3. The summed E-state index contributed by atoms with van der Waals surface area (Å²) in [5.41, 5.74) is 1.10. The van der Waals surface area contributed by atoms with Gasteiger partial charge < -0.3 is 23.7 Å². The molecule has 11 heteroatoms. The largest absolute Gasteiger partial charge is 0.497 e. The first-order valence-corrected chi connectivity index (χ1v) is 20.7. The molecule has 1 fully saturated rings. The molecule has 10 nitrogen and oxygen atoms in total. The fourth-order valence-electron chi connectivity index (χ4n) is 6.74. The van der Waals surface area contributed by atoms with Crippen molar-refractivity contribution >= 4 is 19.2 Å². The SMILES string of the molecule is COc1ccc(C(OC[C@H]2O[C@@H](n3cc(C)c(=O)[nH]c3=O)C[C@@H]2OC(=O)c2ccccc2[Si](C)(C)C)(c2ccccc2)c2ccc(OC)cc2)cc1. The predicted octanol–water partition coefficient (Wildman–Crippen LogP) is 5.93. The number of nitrogens with one attached hydrogen (secondary N) is 1. The Morgan fingerprint density at radius 1 is 0.827 bits per heavy atom. The van der Waals surface area contributed by atoms with E-state index in [1.165, 1.54) is 10.8 Å². The van der Waals surface area contributed by atoms with Crippen LogP contribution < -0.4 is 25.9 Å². The molecule has 0 amide bonds. The van der Waals surface area contributed by atoms with Gasteiger partial charge in [0.2, 0.25) is 0 Å². The third kappa shape index (κ3) is 7.38. The van der Waals surface area contributed by atoms with Crippen LogP contribution in [-0.2, 0) is 19.8 Å². The van der Waals surface area contributed by atoms with Gasteiger partial charge in [0, 0.05) is 18.2 Å². The number of rotatable bonds is 12. The van der Waals surface area contributed by atoms with Gasteiger partial charge in [0.05, 0.1) is 34.5 Å². The van der Waals surface area contributed by atoms with Crippen molar-refractivity contribution in [1.82, 2.24) is 9.55 Å². The summed E-state index contributed by atoms with van der Waals surface area (Å²) in [6.45, 7) is 8.12. The number of H-pyrrole nitrogens is 1. The molecule has 1 saturated heterocycles. The van der Waals surface area contributed by atoms with E-state index in [1.807, 2.05) is 97.1 Å². The van der Waals surface area contributed by atoms with Gasteiger partial charge in [-0.3, -0.25) is 14.3 Å². The van der Waals surface area contributed by atoms with Crippen LogP contribution in [0.25, 0.3) is 0 Å². The predicted molar refractivity (Wildman–Crippen MR) is 201 cm³/mol. The van der Waals surface area contributed by atoms with Crippen molar-refractivity contribution in [1.29, 1.82) is 0 Å². The van der Waals surface area contributed by atoms with E-state index in [4.69, 9.17) is 23.7 Å². The third-order valence-electron chi connectivity index (χ3n) is 9.49. The summed E-state index contributed by atoms with van der Waals surface area (Å²) in [6.07, 6.45) is -0.811. The van der Waals surface area contributed by atoms with Crippen molar-refractivity contribution < 1.29 is 28.5 Å². The minimum Gasteiger partial charge on any atom is -0.497 e. The molecule has 4 aromatic carbocycles. The Hall–Kier alpha value is -5.23. The fraction of sp³-hybridized carbons (Fsp3) is 0.293. The van der Waals surface area contributed by atoms with Crippen molar-refractivity contribution in [3.05, 3.63) is 158 Å². The molecule has 52 heavy (non-hydrogen) atoms. The molecular weight excluding hydrogens is 677 g/mol. The van der Waals surface area contributed by atoms with Crippen LogP contribution in [0.1, 0.15) is 45.3 Å². The van der Waals surface area contributed by atoms with Crippen LogP contribution in [0.2, 0.25) is 19.6 Å². The molecule has 0 radical (unpaired) electrons. The maximum absolute atomic E-state index is 14.0. The number of carbonyl (C=O) groups excluding carboxylic acids is 1. The third-order valence-corrected chi connectivity index (χ3v) is 11.5. The number of aromatic nitrogens is 2. The first kappa shape index (κ1) is 36.6. The number of nitrogens with zero attached hydrogens (tertiary/aromatic N) is 1. The summed E-state index contributed by atoms with van der Waals surface area (Å²) in [5, 5.41) is 0.984. The van der Waals surface area contributed by atoms with E-state index in [1.54, 1.807) is 27.2 Å². The topological polar surface area (TPSA) is 118 Å². The molecule has 0 bridgehead atoms. The lowest BCUT2D eigenvalue weighted by Crippen LogP contribution is -2.43. The van der Waals surface area contributed by atoms with Crippen molar-refractivity contribution in [3.63, 3.8) is 0 Å². The zero-order chi connectivity index (χ0) is 37.0. The van der Waals surface area contributed by atoms with Crippen LogP contribution in [-0.4, -0.2) is 56.6 Å². The molecule has 1 aromatic heterocycles. The number of hydrogen-bond acceptors (Lipinski definition) is 8. The molecule has 1 N–H and O–H groups in total. The number of ether oxygens (including phenoxy) is 5. The molecule has 1 aliphatic rings. The van der Waals surface area contributed by atoms with Gasteiger partial charge in [0.15, 0.2) is 0 Å². The summed E-state index contributed by atoms with van der Waals surface area (Å²) >= 11 is 0. The van der Waals surface area contributed by atoms with Crippen molar-refractivity contribution in [2.45, 2.75) is 57.0 Å². The zero-order valence-corrected chi connectivity index (χ0v) is 31.3. The average Bonchev–Trinajstić information content (AvgIpc) is 3.55. The summed E-state index contributed by atoms with van der Waals surface area (Å²) in [6, 6.07) is 32.8. The highest BCUT2D eigenvalue weighted by molar-refractivity contribution is 6.89. The van der Waals surface area contributed by atoms with E-state index in [0.29, 0.717) is 22.6 Å². The highest BCUT2D eigenvalue weighted by Gasteiger charge is 2.44. The molecule has 0 unspecified atom stereocenters. The minimum atomic E-state index is -1.92. The van der Waals surface area contributed by atoms with E-state index in [-0.39, 0.29) is 13.0 Å². The molecule has 5 aromatic rings. The molecule has 0 spiro atoms. The molecule has 3 atom stereocenters. The molecule has 1 aliphatic heterocycles. The Bertz CT molecular complexity index is 2070. The van der Waals surface area contributed by atoms with Gasteiger partial charge in [0.25, 0.3) is 5.56 Å². The Morgan fingerprint density at radius 3 is 1.96 bits per heavy atom. The lowest BCUT2D eigenvalue weighted by Gasteiger charge is -2.37. The second-order valence-electron chi connectivity index (χ2n) is 13.9. The quantitative estimate of drug-likeness (QED) is 0.0958. The maximum Gasteiger partial charge on any atom is 0.338 e. The first-order chi connectivity index (χ1) is 24.9. The summed E-state index contributed by atoms with van der Waals surface area (Å²) in [4.78, 5) is 41.6. The number of carbonyl (C=O) groups is 1. The highest BCUT2D eigenvalue weighted by Crippen LogP contribution is 2.43. The second-order valence-corrected chi connectivity index (χ2v) is 18.9. The van der Waals surface area contributed by atoms with Gasteiger partial charge >= 0.3 is 11.7 Å². The van der Waals surface area contributed by atoms with Gasteiger partial charge in [-0.25, -0.2) is 9.59 Å². The van der Waals surface area contributed by atoms with Crippen LogP contribution in [0.15, 0.2) is 119 Å². The van der Waals surface area contributed by atoms with E-state index >= 15 is 0 Å². The maximum atomic E-state index is 14.0. The number of aromatic amines is 1. The molecule has 0 aliphatic carbocycles. The zero-order valence-electron chi connectivity index (χ0n) is 30.3. The number of benzene rings is 4. The smallest absolute Gasteiger partial charge is 0.338 e. The number of hydrogen-bond donors (Lipinski definition) is 1. The lowest BCUT2D eigenvalue weighted by molar-refractivity contribution is -0.0967. The van der Waals surface area contributed by atoms with Crippen molar-refractivity contribution in [2.24, 2.45) is 0 Å².